The SMILES string of the molecule is CCC1(NCC2CC2)CN(c2ncc(-c3n[nH]c4ccc(O[C@H](C)c5c(Cl)cncc5Cl)cc34)cc2F)C1.Cl.Cl. The molecule has 12 heteroatoms. The maximum absolute atomic E-state index is 15.3. The van der Waals surface area contributed by atoms with E-state index in [1.165, 1.54) is 31.3 Å². The average molecular weight is 628 g/mol. The Morgan fingerprint density at radius 1 is 1.15 bits per heavy atom. The number of hydrogen-bond donors (Lipinski definition) is 2. The zero-order valence-corrected chi connectivity index (χ0v) is 25.2. The van der Waals surface area contributed by atoms with Crippen molar-refractivity contribution in [1.29, 1.82) is 0 Å². The quantitative estimate of drug-likeness (QED) is 0.201. The Bertz CT molecular complexity index is 1470. The molecule has 0 unspecified atom stereocenters. The summed E-state index contributed by atoms with van der Waals surface area (Å²) in [5, 5.41) is 12.9. The molecule has 0 radical (unpaired) electrons. The number of aromatic amines is 1. The van der Waals surface area contributed by atoms with Crippen LogP contribution >= 0.6 is 48.0 Å². The van der Waals surface area contributed by atoms with E-state index in [0.29, 0.717) is 38.4 Å². The van der Waals surface area contributed by atoms with Gasteiger partial charge < -0.3 is 15.0 Å². The molecule has 1 saturated heterocycles. The highest BCUT2D eigenvalue weighted by Crippen LogP contribution is 2.37. The molecule has 6 rings (SSSR count). The normalized spacial score (nSPS) is 16.6. The fraction of sp³-hybridized carbons (Fsp3) is 0.393. The van der Waals surface area contributed by atoms with Crippen LogP contribution in [0, 0.1) is 11.7 Å². The highest BCUT2D eigenvalue weighted by atomic mass is 35.5. The van der Waals surface area contributed by atoms with Gasteiger partial charge in [-0.1, -0.05) is 30.1 Å². The summed E-state index contributed by atoms with van der Waals surface area (Å²) < 4.78 is 21.4. The maximum Gasteiger partial charge on any atom is 0.166 e. The second-order valence-corrected chi connectivity index (χ2v) is 11.2. The van der Waals surface area contributed by atoms with Crippen molar-refractivity contribution in [3.63, 3.8) is 0 Å². The summed E-state index contributed by atoms with van der Waals surface area (Å²) in [6.45, 7) is 6.63. The van der Waals surface area contributed by atoms with Gasteiger partial charge in [0.25, 0.3) is 0 Å². The number of nitrogens with zero attached hydrogens (tertiary/aromatic N) is 4. The summed E-state index contributed by atoms with van der Waals surface area (Å²) in [6.07, 6.45) is 8.00. The first-order valence-electron chi connectivity index (χ1n) is 13.0. The maximum atomic E-state index is 15.3. The van der Waals surface area contributed by atoms with E-state index in [2.05, 4.69) is 32.4 Å². The van der Waals surface area contributed by atoms with Gasteiger partial charge >= 0.3 is 0 Å². The van der Waals surface area contributed by atoms with Crippen LogP contribution in [-0.2, 0) is 0 Å². The lowest BCUT2D eigenvalue weighted by molar-refractivity contribution is 0.227. The van der Waals surface area contributed by atoms with Crippen molar-refractivity contribution in [2.45, 2.75) is 44.8 Å². The van der Waals surface area contributed by atoms with Crippen molar-refractivity contribution in [3.05, 3.63) is 64.3 Å². The topological polar surface area (TPSA) is 79.0 Å². The molecule has 1 saturated carbocycles. The van der Waals surface area contributed by atoms with E-state index in [0.717, 1.165) is 42.9 Å². The van der Waals surface area contributed by atoms with Crippen molar-refractivity contribution in [1.82, 2.24) is 25.5 Å². The molecule has 7 nitrogen and oxygen atoms in total. The molecule has 0 bridgehead atoms. The van der Waals surface area contributed by atoms with Crippen LogP contribution in [0.5, 0.6) is 5.75 Å². The molecule has 4 aromatic rings. The molecular weight excluding hydrogens is 597 g/mol. The second kappa shape index (κ2) is 12.2. The van der Waals surface area contributed by atoms with Crippen molar-refractivity contribution in [2.24, 2.45) is 5.92 Å². The fourth-order valence-electron chi connectivity index (χ4n) is 5.13. The van der Waals surface area contributed by atoms with Crippen LogP contribution in [0.3, 0.4) is 0 Å². The smallest absolute Gasteiger partial charge is 0.166 e. The van der Waals surface area contributed by atoms with Gasteiger partial charge in [-0.3, -0.25) is 10.1 Å². The molecule has 2 aliphatic rings. The minimum atomic E-state index is -0.408. The third-order valence-electron chi connectivity index (χ3n) is 7.67. The number of rotatable bonds is 9. The van der Waals surface area contributed by atoms with E-state index in [1.54, 1.807) is 6.20 Å². The predicted molar refractivity (Wildman–Crippen MR) is 163 cm³/mol. The minimum absolute atomic E-state index is 0. The lowest BCUT2D eigenvalue weighted by Gasteiger charge is -2.51. The third kappa shape index (κ3) is 5.97. The van der Waals surface area contributed by atoms with Crippen LogP contribution in [-0.4, -0.2) is 45.3 Å². The fourth-order valence-corrected chi connectivity index (χ4v) is 5.80. The Balaban J connectivity index is 0.00000185. The largest absolute Gasteiger partial charge is 0.486 e. The zero-order chi connectivity index (χ0) is 26.4. The third-order valence-corrected chi connectivity index (χ3v) is 8.27. The Labute approximate surface area is 255 Å². The Kier molecular flexibility index (Phi) is 9.37. The van der Waals surface area contributed by atoms with Crippen LogP contribution in [0.2, 0.25) is 10.0 Å². The van der Waals surface area contributed by atoms with Crippen LogP contribution in [0.25, 0.3) is 22.2 Å². The van der Waals surface area contributed by atoms with Crippen molar-refractivity contribution in [2.75, 3.05) is 24.5 Å². The first-order valence-corrected chi connectivity index (χ1v) is 13.7. The number of benzene rings is 1. The van der Waals surface area contributed by atoms with E-state index < -0.39 is 6.10 Å². The van der Waals surface area contributed by atoms with Gasteiger partial charge in [-0.2, -0.15) is 5.10 Å². The first kappa shape index (κ1) is 30.6. The van der Waals surface area contributed by atoms with Crippen molar-refractivity contribution < 1.29 is 9.13 Å². The second-order valence-electron chi connectivity index (χ2n) is 10.4. The van der Waals surface area contributed by atoms with E-state index >= 15 is 4.39 Å². The molecule has 1 aromatic carbocycles. The standard InChI is InChI=1S/C28H29Cl2FN6O.2ClH/c1-3-28(34-10-17-4-5-17)14-37(15-28)27-23(31)8-18(11-33-27)26-20-9-19(6-7-24(20)35-36-26)38-16(2)25-21(29)12-32-13-22(25)30;;/h6-9,11-13,16-17,34H,3-5,10,14-15H2,1-2H3,(H,35,36);2*1H/t16-;;/m1../s1. The molecule has 1 aliphatic carbocycles. The summed E-state index contributed by atoms with van der Waals surface area (Å²) in [7, 11) is 0. The number of anilines is 1. The van der Waals surface area contributed by atoms with Gasteiger partial charge in [-0.15, -0.1) is 24.8 Å². The number of nitrogens with one attached hydrogen (secondary N) is 2. The van der Waals surface area contributed by atoms with E-state index in [4.69, 9.17) is 27.9 Å². The van der Waals surface area contributed by atoms with Gasteiger partial charge in [0.05, 0.1) is 21.1 Å². The molecule has 2 N–H and O–H groups in total. The van der Waals surface area contributed by atoms with Gasteiger partial charge in [-0.05, 0) is 62.9 Å². The summed E-state index contributed by atoms with van der Waals surface area (Å²) >= 11 is 12.6. The molecule has 4 heterocycles. The van der Waals surface area contributed by atoms with Gasteiger partial charge in [0.15, 0.2) is 11.6 Å². The number of fused-ring (bicyclic) bond motifs is 1. The Morgan fingerprint density at radius 2 is 1.88 bits per heavy atom. The Morgan fingerprint density at radius 3 is 2.52 bits per heavy atom. The van der Waals surface area contributed by atoms with Crippen LogP contribution in [0.15, 0.2) is 42.9 Å². The van der Waals surface area contributed by atoms with E-state index in [-0.39, 0.29) is 36.2 Å². The lowest BCUT2D eigenvalue weighted by Crippen LogP contribution is -2.69. The summed E-state index contributed by atoms with van der Waals surface area (Å²) in [5.41, 5.74) is 2.72. The van der Waals surface area contributed by atoms with Crippen LogP contribution < -0.4 is 15.0 Å². The lowest BCUT2D eigenvalue weighted by atomic mass is 9.86. The summed E-state index contributed by atoms with van der Waals surface area (Å²) in [5.74, 6) is 1.45. The van der Waals surface area contributed by atoms with Gasteiger partial charge in [0.1, 0.15) is 17.5 Å². The minimum Gasteiger partial charge on any atom is -0.486 e. The van der Waals surface area contributed by atoms with E-state index in [1.807, 2.05) is 30.0 Å². The van der Waals surface area contributed by atoms with Crippen LogP contribution in [0.1, 0.15) is 44.8 Å². The number of pyridine rings is 2. The number of halogens is 5. The summed E-state index contributed by atoms with van der Waals surface area (Å²) in [4.78, 5) is 10.5. The molecule has 0 spiro atoms. The number of H-pyrrole nitrogens is 1. The summed E-state index contributed by atoms with van der Waals surface area (Å²) in [6, 6.07) is 7.10. The van der Waals surface area contributed by atoms with E-state index in [9.17, 15) is 0 Å². The van der Waals surface area contributed by atoms with Gasteiger partial charge in [-0.25, -0.2) is 9.37 Å². The molecule has 1 atom stereocenters. The molecule has 3 aromatic heterocycles. The zero-order valence-electron chi connectivity index (χ0n) is 22.1. The van der Waals surface area contributed by atoms with Gasteiger partial charge in [0, 0.05) is 48.2 Å². The number of ether oxygens (including phenoxy) is 1. The van der Waals surface area contributed by atoms with Crippen LogP contribution in [0.4, 0.5) is 10.2 Å². The molecule has 1 aliphatic heterocycles. The molecule has 2 fully saturated rings. The molecule has 214 valence electrons. The monoisotopic (exact) mass is 626 g/mol. The molecule has 0 amide bonds. The molecule has 40 heavy (non-hydrogen) atoms. The number of hydrogen-bond acceptors (Lipinski definition) is 6. The predicted octanol–water partition coefficient (Wildman–Crippen LogP) is 7.42. The molecular formula is C28H31Cl4FN6O. The highest BCUT2D eigenvalue weighted by Gasteiger charge is 2.43. The Hall–Kier alpha value is -2.36. The van der Waals surface area contributed by atoms with Crippen molar-refractivity contribution >= 4 is 64.7 Å². The number of aromatic nitrogens is 4. The first-order chi connectivity index (χ1) is 18.4. The average Bonchev–Trinajstić information content (AvgIpc) is 3.61. The van der Waals surface area contributed by atoms with Gasteiger partial charge in [0.2, 0.25) is 0 Å². The van der Waals surface area contributed by atoms with Crippen molar-refractivity contribution in [3.8, 4) is 17.0 Å². The highest BCUT2D eigenvalue weighted by molar-refractivity contribution is 6.35.